The van der Waals surface area contributed by atoms with Gasteiger partial charge in [-0.05, 0) is 11.6 Å². The Bertz CT molecular complexity index is 708. The maximum absolute atomic E-state index is 12.0. The molecule has 0 aliphatic carbocycles. The Labute approximate surface area is 115 Å². The molecule has 0 bridgehead atoms. The van der Waals surface area contributed by atoms with Crippen molar-refractivity contribution in [1.29, 1.82) is 0 Å². The highest BCUT2D eigenvalue weighted by atomic mass is 16.2. The summed E-state index contributed by atoms with van der Waals surface area (Å²) >= 11 is 0. The van der Waals surface area contributed by atoms with Gasteiger partial charge in [-0.3, -0.25) is 4.79 Å². The molecule has 1 amide bonds. The fourth-order valence-corrected chi connectivity index (χ4v) is 1.96. The van der Waals surface area contributed by atoms with Gasteiger partial charge in [-0.1, -0.05) is 48.5 Å². The van der Waals surface area contributed by atoms with Crippen molar-refractivity contribution in [3.8, 4) is 11.1 Å². The Hall–Kier alpha value is -2.95. The molecule has 2 N–H and O–H groups in total. The summed E-state index contributed by atoms with van der Waals surface area (Å²) in [6.45, 7) is 0. The number of para-hydroxylation sites is 1. The van der Waals surface area contributed by atoms with Crippen LogP contribution in [0, 0.1) is 0 Å². The molecule has 2 aromatic carbocycles. The summed E-state index contributed by atoms with van der Waals surface area (Å²) in [6.07, 6.45) is 1.39. The van der Waals surface area contributed by atoms with E-state index in [4.69, 9.17) is 0 Å². The number of nitrogens with one attached hydrogen (secondary N) is 2. The van der Waals surface area contributed by atoms with Gasteiger partial charge in [-0.2, -0.15) is 15.4 Å². The summed E-state index contributed by atoms with van der Waals surface area (Å²) in [6, 6.07) is 17.5. The van der Waals surface area contributed by atoms with E-state index in [1.807, 2.05) is 54.6 Å². The molecule has 3 aromatic rings. The third kappa shape index (κ3) is 2.42. The number of rotatable bonds is 3. The maximum atomic E-state index is 12.0. The average Bonchev–Trinajstić information content (AvgIpc) is 3.03. The molecule has 0 spiro atoms. The van der Waals surface area contributed by atoms with E-state index in [1.54, 1.807) is 0 Å². The smallest absolute Gasteiger partial charge is 0.277 e. The number of carbonyl (C=O) groups is 1. The lowest BCUT2D eigenvalue weighted by Gasteiger charge is -2.10. The van der Waals surface area contributed by atoms with Gasteiger partial charge in [0.05, 0.1) is 6.20 Å². The van der Waals surface area contributed by atoms with Gasteiger partial charge in [-0.25, -0.2) is 0 Å². The van der Waals surface area contributed by atoms with Crippen LogP contribution in [0.25, 0.3) is 11.1 Å². The van der Waals surface area contributed by atoms with E-state index < -0.39 is 0 Å². The molecule has 3 rings (SSSR count). The molecule has 5 nitrogen and oxygen atoms in total. The Morgan fingerprint density at radius 2 is 1.75 bits per heavy atom. The van der Waals surface area contributed by atoms with Crippen LogP contribution in [-0.4, -0.2) is 21.3 Å². The van der Waals surface area contributed by atoms with Crippen LogP contribution < -0.4 is 5.32 Å². The quantitative estimate of drug-likeness (QED) is 0.764. The molecular weight excluding hydrogens is 252 g/mol. The van der Waals surface area contributed by atoms with Crippen LogP contribution >= 0.6 is 0 Å². The van der Waals surface area contributed by atoms with Crippen LogP contribution in [-0.2, 0) is 0 Å². The number of hydrogen-bond acceptors (Lipinski definition) is 3. The van der Waals surface area contributed by atoms with Gasteiger partial charge in [0.25, 0.3) is 5.91 Å². The number of carbonyl (C=O) groups excluding carboxylic acids is 1. The molecule has 98 valence electrons. The number of aromatic nitrogens is 3. The summed E-state index contributed by atoms with van der Waals surface area (Å²) in [5.41, 5.74) is 3.01. The highest BCUT2D eigenvalue weighted by Crippen LogP contribution is 2.27. The summed E-state index contributed by atoms with van der Waals surface area (Å²) in [5.74, 6) is -0.290. The normalized spacial score (nSPS) is 10.2. The fraction of sp³-hybridized carbons (Fsp3) is 0. The number of hydrogen-bond donors (Lipinski definition) is 2. The first-order chi connectivity index (χ1) is 9.84. The topological polar surface area (TPSA) is 70.7 Å². The Kier molecular flexibility index (Phi) is 3.24. The highest BCUT2D eigenvalue weighted by molar-refractivity contribution is 6.04. The molecule has 0 fully saturated rings. The number of benzene rings is 2. The lowest BCUT2D eigenvalue weighted by molar-refractivity contribution is 0.102. The Balaban J connectivity index is 1.93. The number of amides is 1. The largest absolute Gasteiger partial charge is 0.320 e. The predicted molar refractivity (Wildman–Crippen MR) is 76.2 cm³/mol. The zero-order chi connectivity index (χ0) is 13.8. The minimum atomic E-state index is -0.290. The second-order valence-corrected chi connectivity index (χ2v) is 4.22. The minimum absolute atomic E-state index is 0.257. The number of aromatic amines is 1. The molecule has 5 heteroatoms. The molecule has 0 saturated carbocycles. The predicted octanol–water partition coefficient (Wildman–Crippen LogP) is 2.72. The van der Waals surface area contributed by atoms with E-state index in [1.165, 1.54) is 6.20 Å². The lowest BCUT2D eigenvalue weighted by atomic mass is 10.0. The Morgan fingerprint density at radius 1 is 1.00 bits per heavy atom. The van der Waals surface area contributed by atoms with Crippen LogP contribution in [0.15, 0.2) is 60.8 Å². The van der Waals surface area contributed by atoms with E-state index >= 15 is 0 Å². The van der Waals surface area contributed by atoms with Crippen molar-refractivity contribution >= 4 is 11.6 Å². The summed E-state index contributed by atoms with van der Waals surface area (Å²) in [7, 11) is 0. The second kappa shape index (κ2) is 5.36. The van der Waals surface area contributed by atoms with E-state index in [0.29, 0.717) is 0 Å². The van der Waals surface area contributed by atoms with Gasteiger partial charge in [0.1, 0.15) is 0 Å². The summed E-state index contributed by atoms with van der Waals surface area (Å²) in [5, 5.41) is 12.7. The second-order valence-electron chi connectivity index (χ2n) is 4.22. The van der Waals surface area contributed by atoms with Crippen molar-refractivity contribution in [2.45, 2.75) is 0 Å². The fourth-order valence-electron chi connectivity index (χ4n) is 1.96. The van der Waals surface area contributed by atoms with Crippen molar-refractivity contribution in [3.63, 3.8) is 0 Å². The van der Waals surface area contributed by atoms with Gasteiger partial charge in [0, 0.05) is 11.3 Å². The standard InChI is InChI=1S/C15H12N4O/c20-15(14-10-16-19-18-14)17-13-9-5-4-8-12(13)11-6-2-1-3-7-11/h1-10H,(H,17,20)(H,16,18,19). The van der Waals surface area contributed by atoms with E-state index in [2.05, 4.69) is 20.7 Å². The van der Waals surface area contributed by atoms with Crippen molar-refractivity contribution in [1.82, 2.24) is 15.4 Å². The minimum Gasteiger partial charge on any atom is -0.320 e. The summed E-state index contributed by atoms with van der Waals surface area (Å²) in [4.78, 5) is 12.0. The third-order valence-corrected chi connectivity index (χ3v) is 2.91. The van der Waals surface area contributed by atoms with Crippen LogP contribution in [0.4, 0.5) is 5.69 Å². The zero-order valence-corrected chi connectivity index (χ0v) is 10.6. The van der Waals surface area contributed by atoms with Gasteiger partial charge >= 0.3 is 0 Å². The monoisotopic (exact) mass is 264 g/mol. The van der Waals surface area contributed by atoms with E-state index in [-0.39, 0.29) is 11.6 Å². The molecular formula is C15H12N4O. The molecule has 1 heterocycles. The first kappa shape index (κ1) is 12.1. The van der Waals surface area contributed by atoms with Crippen LogP contribution in [0.2, 0.25) is 0 Å². The first-order valence-corrected chi connectivity index (χ1v) is 6.16. The molecule has 0 unspecified atom stereocenters. The first-order valence-electron chi connectivity index (χ1n) is 6.16. The van der Waals surface area contributed by atoms with Crippen molar-refractivity contribution in [2.75, 3.05) is 5.32 Å². The van der Waals surface area contributed by atoms with Crippen LogP contribution in [0.3, 0.4) is 0 Å². The summed E-state index contributed by atoms with van der Waals surface area (Å²) < 4.78 is 0. The van der Waals surface area contributed by atoms with Crippen molar-refractivity contribution < 1.29 is 4.79 Å². The van der Waals surface area contributed by atoms with Gasteiger partial charge in [0.2, 0.25) is 0 Å². The molecule has 0 aliphatic rings. The van der Waals surface area contributed by atoms with Gasteiger partial charge in [-0.15, -0.1) is 0 Å². The van der Waals surface area contributed by atoms with Gasteiger partial charge < -0.3 is 5.32 Å². The number of anilines is 1. The molecule has 0 atom stereocenters. The molecule has 0 radical (unpaired) electrons. The van der Waals surface area contributed by atoms with Gasteiger partial charge in [0.15, 0.2) is 5.69 Å². The van der Waals surface area contributed by atoms with E-state index in [0.717, 1.165) is 16.8 Å². The average molecular weight is 264 g/mol. The Morgan fingerprint density at radius 3 is 2.50 bits per heavy atom. The zero-order valence-electron chi connectivity index (χ0n) is 10.6. The number of H-pyrrole nitrogens is 1. The molecule has 1 aromatic heterocycles. The maximum Gasteiger partial charge on any atom is 0.277 e. The third-order valence-electron chi connectivity index (χ3n) is 2.91. The molecule has 20 heavy (non-hydrogen) atoms. The van der Waals surface area contributed by atoms with Crippen molar-refractivity contribution in [2.24, 2.45) is 0 Å². The molecule has 0 aliphatic heterocycles. The van der Waals surface area contributed by atoms with Crippen LogP contribution in [0.5, 0.6) is 0 Å². The molecule has 0 saturated heterocycles. The van der Waals surface area contributed by atoms with Crippen molar-refractivity contribution in [3.05, 3.63) is 66.5 Å². The SMILES string of the molecule is O=C(Nc1ccccc1-c1ccccc1)c1cn[nH]n1. The van der Waals surface area contributed by atoms with Crippen LogP contribution in [0.1, 0.15) is 10.5 Å². The lowest BCUT2D eigenvalue weighted by Crippen LogP contribution is -2.13. The van der Waals surface area contributed by atoms with E-state index in [9.17, 15) is 4.79 Å². The number of nitrogens with zero attached hydrogens (tertiary/aromatic N) is 2. The highest BCUT2D eigenvalue weighted by Gasteiger charge is 2.11.